The molecule has 0 aliphatic carbocycles. The van der Waals surface area contributed by atoms with Gasteiger partial charge < -0.3 is 10.2 Å². The maximum absolute atomic E-state index is 13.4. The number of nitro groups is 1. The van der Waals surface area contributed by atoms with Gasteiger partial charge in [-0.2, -0.15) is 0 Å². The summed E-state index contributed by atoms with van der Waals surface area (Å²) in [5.41, 5.74) is 1.42. The van der Waals surface area contributed by atoms with Crippen LogP contribution in [0.25, 0.3) is 0 Å². The minimum Gasteiger partial charge on any atom is -0.357 e. The summed E-state index contributed by atoms with van der Waals surface area (Å²) in [5, 5.41) is 13.7. The molecule has 11 heteroatoms. The van der Waals surface area contributed by atoms with Crippen LogP contribution in [0.4, 0.5) is 11.4 Å². The molecule has 0 heterocycles. The van der Waals surface area contributed by atoms with Gasteiger partial charge in [0.05, 0.1) is 16.9 Å². The highest BCUT2D eigenvalue weighted by molar-refractivity contribution is 7.92. The topological polar surface area (TPSA) is 130 Å². The van der Waals surface area contributed by atoms with E-state index in [1.165, 1.54) is 30.1 Å². The summed E-state index contributed by atoms with van der Waals surface area (Å²) >= 11 is 0. The minimum atomic E-state index is -3.97. The Morgan fingerprint density at radius 2 is 1.82 bits per heavy atom. The van der Waals surface area contributed by atoms with Crippen LogP contribution in [-0.2, 0) is 26.2 Å². The van der Waals surface area contributed by atoms with Crippen LogP contribution in [-0.4, -0.2) is 55.9 Å². The molecule has 1 N–H and O–H groups in total. The van der Waals surface area contributed by atoms with E-state index >= 15 is 0 Å². The molecule has 2 aromatic carbocycles. The summed E-state index contributed by atoms with van der Waals surface area (Å²) in [7, 11) is -2.50. The molecule has 10 nitrogen and oxygen atoms in total. The number of sulfonamides is 1. The highest BCUT2D eigenvalue weighted by atomic mass is 32.2. The van der Waals surface area contributed by atoms with Crippen LogP contribution in [0.3, 0.4) is 0 Å². The fourth-order valence-corrected chi connectivity index (χ4v) is 4.27. The zero-order valence-corrected chi connectivity index (χ0v) is 19.8. The van der Waals surface area contributed by atoms with Gasteiger partial charge in [-0.3, -0.25) is 24.0 Å². The molecule has 178 valence electrons. The molecule has 0 aliphatic rings. The first-order chi connectivity index (χ1) is 15.5. The highest BCUT2D eigenvalue weighted by Crippen LogP contribution is 2.24. The van der Waals surface area contributed by atoms with Crippen molar-refractivity contribution in [2.24, 2.45) is 0 Å². The second-order valence-electron chi connectivity index (χ2n) is 7.53. The van der Waals surface area contributed by atoms with E-state index in [1.807, 2.05) is 31.2 Å². The van der Waals surface area contributed by atoms with Gasteiger partial charge in [-0.05, 0) is 30.5 Å². The van der Waals surface area contributed by atoms with Crippen molar-refractivity contribution in [3.63, 3.8) is 0 Å². The average molecular weight is 477 g/mol. The summed E-state index contributed by atoms with van der Waals surface area (Å²) < 4.78 is 25.8. The number of carbonyl (C=O) groups is 2. The molecule has 0 radical (unpaired) electrons. The molecule has 33 heavy (non-hydrogen) atoms. The predicted molar refractivity (Wildman–Crippen MR) is 125 cm³/mol. The molecular formula is C22H28N4O6S. The zero-order chi connectivity index (χ0) is 24.8. The Bertz CT molecular complexity index is 1140. The van der Waals surface area contributed by atoms with Gasteiger partial charge >= 0.3 is 0 Å². The molecule has 0 saturated carbocycles. The van der Waals surface area contributed by atoms with Gasteiger partial charge in [0.2, 0.25) is 21.8 Å². The first-order valence-electron chi connectivity index (χ1n) is 10.3. The van der Waals surface area contributed by atoms with Crippen LogP contribution in [0.15, 0.2) is 48.5 Å². The molecule has 0 aliphatic heterocycles. The van der Waals surface area contributed by atoms with E-state index in [1.54, 1.807) is 6.92 Å². The Hall–Kier alpha value is -3.47. The number of non-ortho nitro benzene ring substituents is 1. The van der Waals surface area contributed by atoms with E-state index < -0.39 is 33.4 Å². The smallest absolute Gasteiger partial charge is 0.271 e. The second-order valence-corrected chi connectivity index (χ2v) is 9.44. The first kappa shape index (κ1) is 25.8. The van der Waals surface area contributed by atoms with E-state index in [9.17, 15) is 28.1 Å². The molecule has 1 atom stereocenters. The van der Waals surface area contributed by atoms with Crippen LogP contribution < -0.4 is 9.62 Å². The SMILES string of the molecule is CC[C@H](C(=O)NC)N(Cc1ccccc1C)C(=O)CN(c1cccc([N+](=O)[O-])c1)S(C)(=O)=O. The third kappa shape index (κ3) is 6.51. The van der Waals surface area contributed by atoms with Crippen LogP contribution in [0, 0.1) is 17.0 Å². The van der Waals surface area contributed by atoms with Gasteiger partial charge in [0.15, 0.2) is 0 Å². The van der Waals surface area contributed by atoms with Gasteiger partial charge in [0.1, 0.15) is 12.6 Å². The van der Waals surface area contributed by atoms with Gasteiger partial charge in [0.25, 0.3) is 5.69 Å². The number of carbonyl (C=O) groups excluding carboxylic acids is 2. The minimum absolute atomic E-state index is 0.0103. The number of nitro benzene ring substituents is 1. The normalized spacial score (nSPS) is 12.0. The molecule has 0 spiro atoms. The van der Waals surface area contributed by atoms with Crippen LogP contribution in [0.1, 0.15) is 24.5 Å². The maximum atomic E-state index is 13.4. The monoisotopic (exact) mass is 476 g/mol. The number of aryl methyl sites for hydroxylation is 1. The number of nitrogens with zero attached hydrogens (tertiary/aromatic N) is 3. The Morgan fingerprint density at radius 1 is 1.15 bits per heavy atom. The highest BCUT2D eigenvalue weighted by Gasteiger charge is 2.31. The molecule has 0 unspecified atom stereocenters. The fraction of sp³-hybridized carbons (Fsp3) is 0.364. The first-order valence-corrected chi connectivity index (χ1v) is 12.1. The Labute approximate surface area is 193 Å². The van der Waals surface area contributed by atoms with Gasteiger partial charge in [0, 0.05) is 25.7 Å². The predicted octanol–water partition coefficient (Wildman–Crippen LogP) is 2.22. The van der Waals surface area contributed by atoms with Crippen molar-refractivity contribution in [2.75, 3.05) is 24.2 Å². The van der Waals surface area contributed by atoms with Crippen molar-refractivity contribution in [1.82, 2.24) is 10.2 Å². The number of nitrogens with one attached hydrogen (secondary N) is 1. The third-order valence-corrected chi connectivity index (χ3v) is 6.38. The summed E-state index contributed by atoms with van der Waals surface area (Å²) in [6.45, 7) is 3.13. The summed E-state index contributed by atoms with van der Waals surface area (Å²) in [6.07, 6.45) is 1.23. The number of hydrogen-bond donors (Lipinski definition) is 1. The van der Waals surface area contributed by atoms with Crippen molar-refractivity contribution in [3.05, 3.63) is 69.8 Å². The third-order valence-electron chi connectivity index (χ3n) is 5.24. The maximum Gasteiger partial charge on any atom is 0.271 e. The summed E-state index contributed by atoms with van der Waals surface area (Å²) in [5.74, 6) is -0.980. The van der Waals surface area contributed by atoms with Crippen LogP contribution >= 0.6 is 0 Å². The number of rotatable bonds is 10. The lowest BCUT2D eigenvalue weighted by atomic mass is 10.1. The van der Waals surface area contributed by atoms with E-state index in [0.717, 1.165) is 27.8 Å². The van der Waals surface area contributed by atoms with Crippen molar-refractivity contribution >= 4 is 33.2 Å². The van der Waals surface area contributed by atoms with Gasteiger partial charge in [-0.25, -0.2) is 8.42 Å². The van der Waals surface area contributed by atoms with E-state index in [2.05, 4.69) is 5.32 Å². The van der Waals surface area contributed by atoms with Crippen molar-refractivity contribution in [1.29, 1.82) is 0 Å². The Balaban J connectivity index is 2.48. The second kappa shape index (κ2) is 10.9. The average Bonchev–Trinajstić information content (AvgIpc) is 2.77. The standard InChI is InChI=1S/C22H28N4O6S/c1-5-20(22(28)23-3)24(14-17-10-7-6-9-16(17)2)21(27)15-25(33(4,31)32)18-11-8-12-19(13-18)26(29)30/h6-13,20H,5,14-15H2,1-4H3,(H,23,28)/t20-/m1/s1. The van der Waals surface area contributed by atoms with Crippen LogP contribution in [0.5, 0.6) is 0 Å². The molecule has 0 aromatic heterocycles. The van der Waals surface area contributed by atoms with Gasteiger partial charge in [-0.15, -0.1) is 0 Å². The summed E-state index contributed by atoms with van der Waals surface area (Å²) in [4.78, 5) is 37.8. The molecule has 2 amide bonds. The number of likely N-dealkylation sites (N-methyl/N-ethyl adjacent to an activating group) is 1. The lowest BCUT2D eigenvalue weighted by Crippen LogP contribution is -2.51. The number of benzene rings is 2. The Kier molecular flexibility index (Phi) is 8.52. The fourth-order valence-electron chi connectivity index (χ4n) is 3.43. The molecule has 0 bridgehead atoms. The number of hydrogen-bond acceptors (Lipinski definition) is 6. The number of anilines is 1. The molecule has 2 aromatic rings. The molecule has 0 fully saturated rings. The lowest BCUT2D eigenvalue weighted by Gasteiger charge is -2.32. The Morgan fingerprint density at radius 3 is 2.36 bits per heavy atom. The van der Waals surface area contributed by atoms with E-state index in [-0.39, 0.29) is 23.8 Å². The molecule has 0 saturated heterocycles. The van der Waals surface area contributed by atoms with Crippen LogP contribution in [0.2, 0.25) is 0 Å². The molecule has 2 rings (SSSR count). The quantitative estimate of drug-likeness (QED) is 0.413. The molecular weight excluding hydrogens is 448 g/mol. The number of amides is 2. The summed E-state index contributed by atoms with van der Waals surface area (Å²) in [6, 6.07) is 11.6. The van der Waals surface area contributed by atoms with E-state index in [4.69, 9.17) is 0 Å². The lowest BCUT2D eigenvalue weighted by molar-refractivity contribution is -0.384. The van der Waals surface area contributed by atoms with Crippen molar-refractivity contribution in [3.8, 4) is 0 Å². The largest absolute Gasteiger partial charge is 0.357 e. The van der Waals surface area contributed by atoms with Crippen molar-refractivity contribution < 1.29 is 22.9 Å². The zero-order valence-electron chi connectivity index (χ0n) is 19.0. The van der Waals surface area contributed by atoms with E-state index in [0.29, 0.717) is 6.42 Å². The van der Waals surface area contributed by atoms with Gasteiger partial charge in [-0.1, -0.05) is 37.3 Å². The van der Waals surface area contributed by atoms with Crippen molar-refractivity contribution in [2.45, 2.75) is 32.9 Å².